The highest BCUT2D eigenvalue weighted by Gasteiger charge is 2.18. The number of benzene rings is 1. The number of amides is 1. The van der Waals surface area contributed by atoms with Crippen LogP contribution in [0.15, 0.2) is 24.3 Å². The van der Waals surface area contributed by atoms with Crippen LogP contribution in [0.3, 0.4) is 0 Å². The van der Waals surface area contributed by atoms with E-state index in [1.165, 1.54) is 11.3 Å². The molecule has 98 valence electrons. The van der Waals surface area contributed by atoms with E-state index in [0.717, 1.165) is 29.1 Å². The van der Waals surface area contributed by atoms with E-state index in [4.69, 9.17) is 0 Å². The Morgan fingerprint density at radius 2 is 2.16 bits per heavy atom. The van der Waals surface area contributed by atoms with Crippen molar-refractivity contribution in [3.05, 3.63) is 41.1 Å². The van der Waals surface area contributed by atoms with Gasteiger partial charge in [-0.1, -0.05) is 6.07 Å². The monoisotopic (exact) mass is 255 g/mol. The van der Waals surface area contributed by atoms with Gasteiger partial charge in [-0.25, -0.2) is 0 Å². The predicted molar refractivity (Wildman–Crippen MR) is 76.1 cm³/mol. The molecule has 2 aromatic rings. The Morgan fingerprint density at radius 3 is 2.95 bits per heavy atom. The van der Waals surface area contributed by atoms with Crippen LogP contribution in [0.1, 0.15) is 16.8 Å². The Balaban J connectivity index is 1.97. The van der Waals surface area contributed by atoms with Gasteiger partial charge in [-0.05, 0) is 48.9 Å². The molecule has 0 aliphatic carbocycles. The molecule has 3 N–H and O–H groups in total. The molecule has 0 bridgehead atoms. The largest absolute Gasteiger partial charge is 0.358 e. The molecule has 0 atom stereocenters. The van der Waals surface area contributed by atoms with Gasteiger partial charge in [0.15, 0.2) is 0 Å². The molecule has 2 heterocycles. The summed E-state index contributed by atoms with van der Waals surface area (Å²) in [7, 11) is 1.94. The number of hydrogen-bond donors (Lipinski definition) is 3. The summed E-state index contributed by atoms with van der Waals surface area (Å²) in [6.07, 6.45) is 0.478. The zero-order valence-corrected chi connectivity index (χ0v) is 11.1. The molecule has 1 aromatic carbocycles. The van der Waals surface area contributed by atoms with Crippen LogP contribution in [-0.2, 0) is 17.8 Å². The van der Waals surface area contributed by atoms with Gasteiger partial charge in [0.2, 0.25) is 5.91 Å². The summed E-state index contributed by atoms with van der Waals surface area (Å²) < 4.78 is 0. The van der Waals surface area contributed by atoms with E-state index < -0.39 is 0 Å². The van der Waals surface area contributed by atoms with Crippen LogP contribution in [0, 0.1) is 6.92 Å². The summed E-state index contributed by atoms with van der Waals surface area (Å²) in [5.41, 5.74) is 6.69. The summed E-state index contributed by atoms with van der Waals surface area (Å²) in [4.78, 5) is 14.8. The van der Waals surface area contributed by atoms with Crippen LogP contribution < -0.4 is 10.6 Å². The van der Waals surface area contributed by atoms with Crippen molar-refractivity contribution in [2.24, 2.45) is 0 Å². The fraction of sp³-hybridized carbons (Fsp3) is 0.267. The second kappa shape index (κ2) is 4.55. The molecule has 0 saturated carbocycles. The molecule has 1 aromatic heterocycles. The third kappa shape index (κ3) is 2.15. The van der Waals surface area contributed by atoms with Gasteiger partial charge < -0.3 is 15.6 Å². The molecule has 1 amide bonds. The Kier molecular flexibility index (Phi) is 2.87. The van der Waals surface area contributed by atoms with Crippen molar-refractivity contribution in [3.8, 4) is 11.3 Å². The highest BCUT2D eigenvalue weighted by Crippen LogP contribution is 2.29. The van der Waals surface area contributed by atoms with Gasteiger partial charge in [-0.3, -0.25) is 4.79 Å². The minimum absolute atomic E-state index is 0.0747. The Morgan fingerprint density at radius 1 is 1.32 bits per heavy atom. The number of aromatic nitrogens is 1. The van der Waals surface area contributed by atoms with Crippen molar-refractivity contribution in [2.45, 2.75) is 19.9 Å². The normalized spacial score (nSPS) is 13.5. The minimum Gasteiger partial charge on any atom is -0.358 e. The third-order valence-corrected chi connectivity index (χ3v) is 3.53. The van der Waals surface area contributed by atoms with Crippen molar-refractivity contribution in [2.75, 3.05) is 12.4 Å². The number of anilines is 1. The number of carbonyl (C=O) groups is 1. The maximum Gasteiger partial charge on any atom is 0.228 e. The molecule has 0 spiro atoms. The van der Waals surface area contributed by atoms with Crippen molar-refractivity contribution in [3.63, 3.8) is 0 Å². The van der Waals surface area contributed by atoms with Crippen molar-refractivity contribution >= 4 is 11.6 Å². The highest BCUT2D eigenvalue weighted by atomic mass is 16.1. The molecule has 4 nitrogen and oxygen atoms in total. The predicted octanol–water partition coefficient (Wildman–Crippen LogP) is 2.20. The quantitative estimate of drug-likeness (QED) is 0.787. The number of aromatic amines is 1. The maximum atomic E-state index is 11.4. The minimum atomic E-state index is 0.0747. The van der Waals surface area contributed by atoms with Gasteiger partial charge >= 0.3 is 0 Å². The molecule has 0 saturated heterocycles. The van der Waals surface area contributed by atoms with Crippen LogP contribution in [-0.4, -0.2) is 17.9 Å². The summed E-state index contributed by atoms with van der Waals surface area (Å²) >= 11 is 0. The van der Waals surface area contributed by atoms with Crippen LogP contribution in [0.4, 0.5) is 5.69 Å². The number of rotatable bonds is 3. The zero-order chi connectivity index (χ0) is 13.4. The first-order valence-electron chi connectivity index (χ1n) is 6.43. The number of hydrogen-bond acceptors (Lipinski definition) is 2. The van der Waals surface area contributed by atoms with E-state index in [2.05, 4.69) is 34.7 Å². The van der Waals surface area contributed by atoms with Crippen molar-refractivity contribution in [1.82, 2.24) is 10.3 Å². The average Bonchev–Trinajstić information content (AvgIpc) is 2.91. The van der Waals surface area contributed by atoms with Gasteiger partial charge in [-0.15, -0.1) is 0 Å². The number of H-pyrrole nitrogens is 1. The first kappa shape index (κ1) is 12.0. The van der Waals surface area contributed by atoms with E-state index >= 15 is 0 Å². The van der Waals surface area contributed by atoms with Gasteiger partial charge in [0.05, 0.1) is 6.42 Å². The third-order valence-electron chi connectivity index (χ3n) is 3.53. The molecular weight excluding hydrogens is 238 g/mol. The SMILES string of the molecule is CNCc1cc(-c2ccc3c(c2)CC(=O)N3)[nH]c1C. The maximum absolute atomic E-state index is 11.4. The average molecular weight is 255 g/mol. The standard InChI is InChI=1S/C15H17N3O/c1-9-12(8-16-2)6-14(17-9)10-3-4-13-11(5-10)7-15(19)18-13/h3-6,16-17H,7-8H2,1-2H3,(H,18,19). The van der Waals surface area contributed by atoms with Gasteiger partial charge in [0.25, 0.3) is 0 Å². The Labute approximate surface area is 112 Å². The number of nitrogens with one attached hydrogen (secondary N) is 3. The van der Waals surface area contributed by atoms with Gasteiger partial charge in [0, 0.05) is 23.6 Å². The van der Waals surface area contributed by atoms with E-state index in [-0.39, 0.29) is 5.91 Å². The molecular formula is C15H17N3O. The second-order valence-electron chi connectivity index (χ2n) is 4.96. The van der Waals surface area contributed by atoms with Gasteiger partial charge in [-0.2, -0.15) is 0 Å². The zero-order valence-electron chi connectivity index (χ0n) is 11.1. The molecule has 1 aliphatic rings. The summed E-state index contributed by atoms with van der Waals surface area (Å²) in [6, 6.07) is 8.27. The topological polar surface area (TPSA) is 56.9 Å². The first-order chi connectivity index (χ1) is 9.17. The van der Waals surface area contributed by atoms with Crippen LogP contribution in [0.2, 0.25) is 0 Å². The summed E-state index contributed by atoms with van der Waals surface area (Å²) in [5.74, 6) is 0.0747. The lowest BCUT2D eigenvalue weighted by atomic mass is 10.1. The lowest BCUT2D eigenvalue weighted by molar-refractivity contribution is -0.115. The molecule has 3 rings (SSSR count). The van der Waals surface area contributed by atoms with Crippen molar-refractivity contribution < 1.29 is 4.79 Å². The second-order valence-corrected chi connectivity index (χ2v) is 4.96. The summed E-state index contributed by atoms with van der Waals surface area (Å²) in [5, 5.41) is 6.02. The van der Waals surface area contributed by atoms with E-state index in [0.29, 0.717) is 6.42 Å². The summed E-state index contributed by atoms with van der Waals surface area (Å²) in [6.45, 7) is 2.93. The fourth-order valence-corrected chi connectivity index (χ4v) is 2.53. The highest BCUT2D eigenvalue weighted by molar-refractivity contribution is 5.99. The van der Waals surface area contributed by atoms with E-state index in [1.54, 1.807) is 0 Å². The fourth-order valence-electron chi connectivity index (χ4n) is 2.53. The number of aryl methyl sites for hydroxylation is 1. The Bertz CT molecular complexity index is 643. The number of carbonyl (C=O) groups excluding carboxylic acids is 1. The molecule has 4 heteroatoms. The first-order valence-corrected chi connectivity index (χ1v) is 6.43. The van der Waals surface area contributed by atoms with Gasteiger partial charge in [0.1, 0.15) is 0 Å². The lowest BCUT2D eigenvalue weighted by Crippen LogP contribution is -2.04. The smallest absolute Gasteiger partial charge is 0.228 e. The van der Waals surface area contributed by atoms with E-state index in [9.17, 15) is 4.79 Å². The van der Waals surface area contributed by atoms with Crippen LogP contribution in [0.5, 0.6) is 0 Å². The molecule has 0 radical (unpaired) electrons. The number of fused-ring (bicyclic) bond motifs is 1. The Hall–Kier alpha value is -2.07. The van der Waals surface area contributed by atoms with Crippen molar-refractivity contribution in [1.29, 1.82) is 0 Å². The molecule has 1 aliphatic heterocycles. The molecule has 0 unspecified atom stereocenters. The lowest BCUT2D eigenvalue weighted by Gasteiger charge is -2.02. The van der Waals surface area contributed by atoms with Crippen LogP contribution in [0.25, 0.3) is 11.3 Å². The van der Waals surface area contributed by atoms with Crippen LogP contribution >= 0.6 is 0 Å². The molecule has 0 fully saturated rings. The molecule has 19 heavy (non-hydrogen) atoms. The van der Waals surface area contributed by atoms with E-state index in [1.807, 2.05) is 19.2 Å².